The van der Waals surface area contributed by atoms with Gasteiger partial charge in [0, 0.05) is 18.2 Å². The topological polar surface area (TPSA) is 50.4 Å². The van der Waals surface area contributed by atoms with Crippen LogP contribution in [0.25, 0.3) is 0 Å². The largest absolute Gasteiger partial charge is 0.494 e. The Morgan fingerprint density at radius 3 is 2.50 bits per heavy atom. The highest BCUT2D eigenvalue weighted by atomic mass is 19.1. The number of rotatable bonds is 5. The van der Waals surface area contributed by atoms with Crippen molar-refractivity contribution in [2.75, 3.05) is 7.11 Å². The van der Waals surface area contributed by atoms with E-state index < -0.39 is 29.5 Å². The molecule has 1 unspecified atom stereocenters. The standard InChI is InChI=1S/C17H17F3N2O2/c1-10(13-5-4-12(18)8-14(13)19)22-17(23)21-9-11-3-6-16(24-2)15(20)7-11/h3-8,10H,9H2,1-2H3,(H2,21,22,23). The third-order valence-electron chi connectivity index (χ3n) is 3.45. The van der Waals surface area contributed by atoms with E-state index in [-0.39, 0.29) is 17.9 Å². The molecule has 7 heteroatoms. The minimum absolute atomic E-state index is 0.0887. The van der Waals surface area contributed by atoms with Crippen molar-refractivity contribution in [3.05, 3.63) is 65.0 Å². The molecule has 0 saturated heterocycles. The molecule has 2 rings (SSSR count). The van der Waals surface area contributed by atoms with Gasteiger partial charge in [-0.1, -0.05) is 12.1 Å². The van der Waals surface area contributed by atoms with Gasteiger partial charge in [-0.3, -0.25) is 0 Å². The summed E-state index contributed by atoms with van der Waals surface area (Å²) in [7, 11) is 1.36. The maximum atomic E-state index is 13.7. The molecule has 4 nitrogen and oxygen atoms in total. The van der Waals surface area contributed by atoms with Crippen LogP contribution in [0.1, 0.15) is 24.1 Å². The lowest BCUT2D eigenvalue weighted by Gasteiger charge is -2.16. The molecule has 2 amide bonds. The molecule has 0 aliphatic carbocycles. The zero-order chi connectivity index (χ0) is 17.7. The number of carbonyl (C=O) groups excluding carboxylic acids is 1. The Bertz CT molecular complexity index is 738. The monoisotopic (exact) mass is 338 g/mol. The van der Waals surface area contributed by atoms with Gasteiger partial charge in [-0.05, 0) is 30.7 Å². The molecule has 0 aromatic heterocycles. The number of carbonyl (C=O) groups is 1. The van der Waals surface area contributed by atoms with Gasteiger partial charge in [0.05, 0.1) is 13.2 Å². The van der Waals surface area contributed by atoms with Crippen LogP contribution in [0, 0.1) is 17.5 Å². The zero-order valence-electron chi connectivity index (χ0n) is 13.2. The molecule has 0 heterocycles. The number of hydrogen-bond acceptors (Lipinski definition) is 2. The number of ether oxygens (including phenoxy) is 1. The number of methoxy groups -OCH3 is 1. The summed E-state index contributed by atoms with van der Waals surface area (Å²) >= 11 is 0. The molecule has 0 bridgehead atoms. The first kappa shape index (κ1) is 17.7. The third-order valence-corrected chi connectivity index (χ3v) is 3.45. The number of nitrogens with one attached hydrogen (secondary N) is 2. The maximum Gasteiger partial charge on any atom is 0.315 e. The van der Waals surface area contributed by atoms with E-state index in [9.17, 15) is 18.0 Å². The van der Waals surface area contributed by atoms with Crippen molar-refractivity contribution in [2.24, 2.45) is 0 Å². The van der Waals surface area contributed by atoms with Crippen LogP contribution in [-0.4, -0.2) is 13.1 Å². The highest BCUT2D eigenvalue weighted by Crippen LogP contribution is 2.18. The lowest BCUT2D eigenvalue weighted by molar-refractivity contribution is 0.237. The van der Waals surface area contributed by atoms with Gasteiger partial charge in [0.15, 0.2) is 11.6 Å². The summed E-state index contributed by atoms with van der Waals surface area (Å²) < 4.78 is 44.9. The van der Waals surface area contributed by atoms with E-state index in [4.69, 9.17) is 4.74 Å². The number of urea groups is 1. The Morgan fingerprint density at radius 1 is 1.12 bits per heavy atom. The average molecular weight is 338 g/mol. The lowest BCUT2D eigenvalue weighted by atomic mass is 10.1. The van der Waals surface area contributed by atoms with E-state index in [1.54, 1.807) is 13.0 Å². The Labute approximate surface area is 137 Å². The first-order chi connectivity index (χ1) is 11.4. The van der Waals surface area contributed by atoms with Crippen LogP contribution in [0.2, 0.25) is 0 Å². The van der Waals surface area contributed by atoms with Crippen molar-refractivity contribution in [2.45, 2.75) is 19.5 Å². The van der Waals surface area contributed by atoms with Crippen LogP contribution in [0.4, 0.5) is 18.0 Å². The summed E-state index contributed by atoms with van der Waals surface area (Å²) in [5, 5.41) is 5.07. The molecular weight excluding hydrogens is 321 g/mol. The van der Waals surface area contributed by atoms with Crippen molar-refractivity contribution < 1.29 is 22.7 Å². The molecule has 0 aliphatic heterocycles. The first-order valence-electron chi connectivity index (χ1n) is 7.22. The molecule has 1 atom stereocenters. The van der Waals surface area contributed by atoms with Gasteiger partial charge in [-0.25, -0.2) is 18.0 Å². The van der Waals surface area contributed by atoms with Crippen molar-refractivity contribution in [1.29, 1.82) is 0 Å². The van der Waals surface area contributed by atoms with Crippen LogP contribution in [0.5, 0.6) is 5.75 Å². The van der Waals surface area contributed by atoms with Crippen LogP contribution >= 0.6 is 0 Å². The molecule has 2 aromatic rings. The second-order valence-corrected chi connectivity index (χ2v) is 5.18. The summed E-state index contributed by atoms with van der Waals surface area (Å²) in [5.74, 6) is -1.84. The van der Waals surface area contributed by atoms with Crippen molar-refractivity contribution in [3.8, 4) is 5.75 Å². The van der Waals surface area contributed by atoms with Crippen LogP contribution in [-0.2, 0) is 6.54 Å². The van der Waals surface area contributed by atoms with Gasteiger partial charge in [-0.15, -0.1) is 0 Å². The smallest absolute Gasteiger partial charge is 0.315 e. The molecule has 0 saturated carbocycles. The molecule has 2 N–H and O–H groups in total. The molecule has 0 radical (unpaired) electrons. The fourth-order valence-electron chi connectivity index (χ4n) is 2.18. The highest BCUT2D eigenvalue weighted by molar-refractivity contribution is 5.74. The molecule has 128 valence electrons. The Balaban J connectivity index is 1.92. The van der Waals surface area contributed by atoms with Gasteiger partial charge in [0.2, 0.25) is 0 Å². The van der Waals surface area contributed by atoms with Crippen molar-refractivity contribution in [1.82, 2.24) is 10.6 Å². The van der Waals surface area contributed by atoms with Crippen LogP contribution < -0.4 is 15.4 Å². The predicted molar refractivity (Wildman–Crippen MR) is 83.1 cm³/mol. The van der Waals surface area contributed by atoms with E-state index in [1.165, 1.54) is 25.3 Å². The van der Waals surface area contributed by atoms with E-state index >= 15 is 0 Å². The fraction of sp³-hybridized carbons (Fsp3) is 0.235. The van der Waals surface area contributed by atoms with E-state index in [1.807, 2.05) is 0 Å². The molecular formula is C17H17F3N2O2. The number of hydrogen-bond donors (Lipinski definition) is 2. The van der Waals surface area contributed by atoms with Gasteiger partial charge in [0.1, 0.15) is 11.6 Å². The van der Waals surface area contributed by atoms with Crippen molar-refractivity contribution >= 4 is 6.03 Å². The first-order valence-corrected chi connectivity index (χ1v) is 7.22. The van der Waals surface area contributed by atoms with Crippen LogP contribution in [0.3, 0.4) is 0 Å². The quantitative estimate of drug-likeness (QED) is 0.874. The fourth-order valence-corrected chi connectivity index (χ4v) is 2.18. The van der Waals surface area contributed by atoms with Crippen molar-refractivity contribution in [3.63, 3.8) is 0 Å². The maximum absolute atomic E-state index is 13.7. The molecule has 0 fully saturated rings. The van der Waals surface area contributed by atoms with Gasteiger partial charge >= 0.3 is 6.03 Å². The summed E-state index contributed by atoms with van der Waals surface area (Å²) in [5.41, 5.74) is 0.714. The summed E-state index contributed by atoms with van der Waals surface area (Å²) in [6.45, 7) is 1.66. The van der Waals surface area contributed by atoms with Gasteiger partial charge < -0.3 is 15.4 Å². The number of benzene rings is 2. The normalized spacial score (nSPS) is 11.7. The Morgan fingerprint density at radius 2 is 1.88 bits per heavy atom. The Kier molecular flexibility index (Phi) is 5.68. The minimum atomic E-state index is -0.736. The SMILES string of the molecule is COc1ccc(CNC(=O)NC(C)c2ccc(F)cc2F)cc1F. The van der Waals surface area contributed by atoms with Gasteiger partial charge in [-0.2, -0.15) is 0 Å². The number of halogens is 3. The van der Waals surface area contributed by atoms with Crippen LogP contribution in [0.15, 0.2) is 36.4 Å². The summed E-state index contributed by atoms with van der Waals surface area (Å²) in [6.07, 6.45) is 0. The minimum Gasteiger partial charge on any atom is -0.494 e. The molecule has 0 aliphatic rings. The zero-order valence-corrected chi connectivity index (χ0v) is 13.2. The molecule has 0 spiro atoms. The van der Waals surface area contributed by atoms with Gasteiger partial charge in [0.25, 0.3) is 0 Å². The average Bonchev–Trinajstić information content (AvgIpc) is 2.52. The Hall–Kier alpha value is -2.70. The van der Waals surface area contributed by atoms with E-state index in [0.29, 0.717) is 5.56 Å². The summed E-state index contributed by atoms with van der Waals surface area (Å²) in [6, 6.07) is 6.27. The van der Waals surface area contributed by atoms with E-state index in [0.717, 1.165) is 12.1 Å². The molecule has 24 heavy (non-hydrogen) atoms. The highest BCUT2D eigenvalue weighted by Gasteiger charge is 2.14. The summed E-state index contributed by atoms with van der Waals surface area (Å²) in [4.78, 5) is 11.8. The third kappa shape index (κ3) is 4.41. The van der Waals surface area contributed by atoms with E-state index in [2.05, 4.69) is 10.6 Å². The second kappa shape index (κ2) is 7.72. The predicted octanol–water partition coefficient (Wildman–Crippen LogP) is 3.67. The number of amides is 2. The lowest BCUT2D eigenvalue weighted by Crippen LogP contribution is -2.36. The molecule has 2 aromatic carbocycles. The second-order valence-electron chi connectivity index (χ2n) is 5.18.